The fourth-order valence-corrected chi connectivity index (χ4v) is 2.81. The molecule has 1 unspecified atom stereocenters. The Balaban J connectivity index is 1.64. The number of hydrogen-bond donors (Lipinski definition) is 3. The summed E-state index contributed by atoms with van der Waals surface area (Å²) >= 11 is 0. The Morgan fingerprint density at radius 2 is 1.87 bits per heavy atom. The Morgan fingerprint density at radius 1 is 1.07 bits per heavy atom. The molecular weight excluding hydrogens is 384 g/mol. The Morgan fingerprint density at radius 3 is 2.63 bits per heavy atom. The number of rotatable bonds is 12. The molecule has 3 rings (SSSR count). The second-order valence-electron chi connectivity index (χ2n) is 6.75. The van der Waals surface area contributed by atoms with Crippen molar-refractivity contribution < 1.29 is 14.6 Å². The monoisotopic (exact) mass is 412 g/mol. The van der Waals surface area contributed by atoms with Gasteiger partial charge in [-0.15, -0.1) is 0 Å². The van der Waals surface area contributed by atoms with E-state index in [1.54, 1.807) is 6.92 Å². The lowest BCUT2D eigenvalue weighted by Gasteiger charge is -2.13. The quantitative estimate of drug-likeness (QED) is 0.388. The molecule has 0 radical (unpaired) electrons. The van der Waals surface area contributed by atoms with Gasteiger partial charge in [-0.3, -0.25) is 0 Å². The van der Waals surface area contributed by atoms with Crippen LogP contribution in [0.3, 0.4) is 0 Å². The third kappa shape index (κ3) is 6.24. The molecule has 1 heterocycles. The van der Waals surface area contributed by atoms with Gasteiger partial charge in [-0.2, -0.15) is 4.68 Å². The normalized spacial score (nSPS) is 12.0. The largest absolute Gasteiger partial charge is 0.490 e. The predicted molar refractivity (Wildman–Crippen MR) is 113 cm³/mol. The summed E-state index contributed by atoms with van der Waals surface area (Å²) in [6.07, 6.45) is -0.339. The Kier molecular flexibility index (Phi) is 8.13. The minimum absolute atomic E-state index is 0.261. The molecule has 0 amide bonds. The summed E-state index contributed by atoms with van der Waals surface area (Å²) in [5, 5.41) is 27.5. The van der Waals surface area contributed by atoms with Crippen molar-refractivity contribution in [3.05, 3.63) is 54.1 Å². The van der Waals surface area contributed by atoms with E-state index in [0.717, 1.165) is 24.3 Å². The van der Waals surface area contributed by atoms with E-state index in [9.17, 15) is 5.11 Å². The van der Waals surface area contributed by atoms with Gasteiger partial charge in [0.2, 0.25) is 0 Å². The van der Waals surface area contributed by atoms with Gasteiger partial charge < -0.3 is 25.2 Å². The number of hydrogen-bond acceptors (Lipinski definition) is 8. The van der Waals surface area contributed by atoms with Crippen molar-refractivity contribution in [2.24, 2.45) is 0 Å². The smallest absolute Gasteiger partial charge is 0.346 e. The SMILES string of the molecule is CCOc1cc(CNCCNCC(C)O)ccc1Oc1nnnn1-c1ccccc1. The third-order valence-corrected chi connectivity index (χ3v) is 4.20. The van der Waals surface area contributed by atoms with E-state index in [-0.39, 0.29) is 12.1 Å². The van der Waals surface area contributed by atoms with Crippen LogP contribution in [-0.2, 0) is 6.54 Å². The number of ether oxygens (including phenoxy) is 2. The zero-order valence-electron chi connectivity index (χ0n) is 17.3. The molecule has 30 heavy (non-hydrogen) atoms. The van der Waals surface area contributed by atoms with Crippen molar-refractivity contribution in [1.29, 1.82) is 0 Å². The number of para-hydroxylation sites is 1. The Bertz CT molecular complexity index is 901. The maximum Gasteiger partial charge on any atom is 0.346 e. The van der Waals surface area contributed by atoms with E-state index in [2.05, 4.69) is 26.2 Å². The van der Waals surface area contributed by atoms with Crippen molar-refractivity contribution in [3.63, 3.8) is 0 Å². The van der Waals surface area contributed by atoms with Crippen molar-refractivity contribution in [3.8, 4) is 23.2 Å². The standard InChI is InChI=1S/C21H28N6O3/c1-3-29-20-13-17(15-23-12-11-22-14-16(2)28)9-10-19(20)30-21-24-25-26-27(21)18-7-5-4-6-8-18/h4-10,13,16,22-23,28H,3,11-12,14-15H2,1-2H3. The maximum absolute atomic E-state index is 9.25. The molecule has 9 nitrogen and oxygen atoms in total. The topological polar surface area (TPSA) is 106 Å². The number of aromatic nitrogens is 4. The van der Waals surface area contributed by atoms with Crippen molar-refractivity contribution in [2.45, 2.75) is 26.5 Å². The summed E-state index contributed by atoms with van der Waals surface area (Å²) < 4.78 is 13.3. The molecular formula is C21H28N6O3. The van der Waals surface area contributed by atoms with Crippen LogP contribution in [0.5, 0.6) is 17.5 Å². The second-order valence-corrected chi connectivity index (χ2v) is 6.75. The van der Waals surface area contributed by atoms with Gasteiger partial charge in [0.05, 0.1) is 18.4 Å². The molecule has 0 saturated heterocycles. The van der Waals surface area contributed by atoms with Gasteiger partial charge in [-0.25, -0.2) is 0 Å². The van der Waals surface area contributed by atoms with Crippen LogP contribution >= 0.6 is 0 Å². The Labute approximate surface area is 176 Å². The minimum Gasteiger partial charge on any atom is -0.490 e. The van der Waals surface area contributed by atoms with E-state index in [1.165, 1.54) is 4.68 Å². The highest BCUT2D eigenvalue weighted by atomic mass is 16.5. The first-order valence-corrected chi connectivity index (χ1v) is 10.0. The van der Waals surface area contributed by atoms with Crippen LogP contribution in [0.15, 0.2) is 48.5 Å². The minimum atomic E-state index is -0.339. The molecule has 3 aromatic rings. The highest BCUT2D eigenvalue weighted by molar-refractivity contribution is 5.44. The zero-order valence-corrected chi connectivity index (χ0v) is 17.3. The molecule has 9 heteroatoms. The number of tetrazole rings is 1. The molecule has 0 aliphatic heterocycles. The molecule has 0 spiro atoms. The molecule has 160 valence electrons. The van der Waals surface area contributed by atoms with Gasteiger partial charge in [0.25, 0.3) is 0 Å². The Hall–Kier alpha value is -3.01. The molecule has 1 aromatic heterocycles. The van der Waals surface area contributed by atoms with Crippen LogP contribution in [0.1, 0.15) is 19.4 Å². The van der Waals surface area contributed by atoms with Gasteiger partial charge >= 0.3 is 6.01 Å². The molecule has 1 atom stereocenters. The summed E-state index contributed by atoms with van der Waals surface area (Å²) in [7, 11) is 0. The van der Waals surface area contributed by atoms with Gasteiger partial charge in [0, 0.05) is 26.2 Å². The lowest BCUT2D eigenvalue weighted by molar-refractivity contribution is 0.191. The molecule has 0 fully saturated rings. The fourth-order valence-electron chi connectivity index (χ4n) is 2.81. The first-order valence-electron chi connectivity index (χ1n) is 10.0. The summed E-state index contributed by atoms with van der Waals surface area (Å²) in [5.74, 6) is 1.18. The molecule has 3 N–H and O–H groups in total. The summed E-state index contributed by atoms with van der Waals surface area (Å²) in [4.78, 5) is 0. The van der Waals surface area contributed by atoms with E-state index in [4.69, 9.17) is 9.47 Å². The summed E-state index contributed by atoms with van der Waals surface area (Å²) in [5.41, 5.74) is 1.88. The highest BCUT2D eigenvalue weighted by Crippen LogP contribution is 2.32. The average Bonchev–Trinajstić information content (AvgIpc) is 3.21. The van der Waals surface area contributed by atoms with E-state index in [0.29, 0.717) is 31.2 Å². The number of nitrogens with zero attached hydrogens (tertiary/aromatic N) is 4. The van der Waals surface area contributed by atoms with Gasteiger partial charge in [-0.05, 0) is 54.1 Å². The van der Waals surface area contributed by atoms with Crippen LogP contribution in [-0.4, -0.2) is 57.7 Å². The van der Waals surface area contributed by atoms with Gasteiger partial charge in [0.15, 0.2) is 11.5 Å². The number of nitrogens with one attached hydrogen (secondary N) is 2. The fraction of sp³-hybridized carbons (Fsp3) is 0.381. The predicted octanol–water partition coefficient (Wildman–Crippen LogP) is 1.91. The van der Waals surface area contributed by atoms with Crippen LogP contribution in [0, 0.1) is 0 Å². The van der Waals surface area contributed by atoms with Crippen LogP contribution < -0.4 is 20.1 Å². The molecule has 0 bridgehead atoms. The van der Waals surface area contributed by atoms with Crippen LogP contribution in [0.4, 0.5) is 0 Å². The molecule has 0 aliphatic carbocycles. The average molecular weight is 412 g/mol. The summed E-state index contributed by atoms with van der Waals surface area (Å²) in [6.45, 7) is 7.06. The number of aliphatic hydroxyl groups excluding tert-OH is 1. The van der Waals surface area contributed by atoms with Crippen molar-refractivity contribution in [1.82, 2.24) is 30.8 Å². The number of benzene rings is 2. The zero-order chi connectivity index (χ0) is 21.2. The second kappa shape index (κ2) is 11.2. The summed E-state index contributed by atoms with van der Waals surface area (Å²) in [6, 6.07) is 15.6. The van der Waals surface area contributed by atoms with Crippen molar-refractivity contribution in [2.75, 3.05) is 26.2 Å². The lowest BCUT2D eigenvalue weighted by Crippen LogP contribution is -2.31. The first-order chi connectivity index (χ1) is 14.7. The van der Waals surface area contributed by atoms with E-state index in [1.807, 2.05) is 55.5 Å². The third-order valence-electron chi connectivity index (χ3n) is 4.20. The van der Waals surface area contributed by atoms with E-state index >= 15 is 0 Å². The maximum atomic E-state index is 9.25. The number of aliphatic hydroxyl groups is 1. The highest BCUT2D eigenvalue weighted by Gasteiger charge is 2.14. The molecule has 2 aromatic carbocycles. The van der Waals surface area contributed by atoms with E-state index < -0.39 is 0 Å². The molecule has 0 aliphatic rings. The van der Waals surface area contributed by atoms with Gasteiger partial charge in [0.1, 0.15) is 0 Å². The molecule has 0 saturated carbocycles. The first kappa shape index (κ1) is 21.7. The van der Waals surface area contributed by atoms with Gasteiger partial charge in [-0.1, -0.05) is 29.4 Å². The van der Waals surface area contributed by atoms with Crippen LogP contribution in [0.2, 0.25) is 0 Å². The van der Waals surface area contributed by atoms with Crippen LogP contribution in [0.25, 0.3) is 5.69 Å². The van der Waals surface area contributed by atoms with Crippen molar-refractivity contribution >= 4 is 0 Å². The lowest BCUT2D eigenvalue weighted by atomic mass is 10.2.